The fourth-order valence-corrected chi connectivity index (χ4v) is 2.97. The van der Waals surface area contributed by atoms with Crippen LogP contribution in [0.25, 0.3) is 0 Å². The predicted molar refractivity (Wildman–Crippen MR) is 100.0 cm³/mol. The van der Waals surface area contributed by atoms with Crippen LogP contribution < -0.4 is 0 Å². The maximum absolute atomic E-state index is 11.9. The van der Waals surface area contributed by atoms with Gasteiger partial charge >= 0.3 is 5.97 Å². The van der Waals surface area contributed by atoms with Crippen molar-refractivity contribution in [1.29, 1.82) is 0 Å². The molecule has 0 fully saturated rings. The molecule has 2 unspecified atom stereocenters. The molecule has 6 heteroatoms. The molecule has 0 aromatic carbocycles. The quantitative estimate of drug-likeness (QED) is 0.266. The van der Waals surface area contributed by atoms with Gasteiger partial charge in [0.1, 0.15) is 11.9 Å². The fraction of sp³-hybridized carbons (Fsp3) is 0.850. The van der Waals surface area contributed by atoms with Crippen molar-refractivity contribution in [1.82, 2.24) is 0 Å². The van der Waals surface area contributed by atoms with E-state index in [1.807, 2.05) is 0 Å². The van der Waals surface area contributed by atoms with Gasteiger partial charge in [-0.1, -0.05) is 71.1 Å². The van der Waals surface area contributed by atoms with Gasteiger partial charge in [0.2, 0.25) is 11.4 Å². The molecule has 0 aliphatic heterocycles. The van der Waals surface area contributed by atoms with Crippen molar-refractivity contribution in [2.75, 3.05) is 0 Å². The number of hydrogen-bond donors (Lipinski definition) is 3. The van der Waals surface area contributed by atoms with Crippen molar-refractivity contribution in [3.05, 3.63) is 0 Å². The summed E-state index contributed by atoms with van der Waals surface area (Å²) in [4.78, 5) is 34.7. The lowest BCUT2D eigenvalue weighted by Gasteiger charge is -2.22. The zero-order chi connectivity index (χ0) is 20.0. The number of carboxylic acid groups (broad SMARTS) is 1. The Bertz CT molecular complexity index is 432. The number of carbonyl (C=O) groups excluding carboxylic acids is 2. The Morgan fingerprint density at radius 1 is 0.846 bits per heavy atom. The van der Waals surface area contributed by atoms with E-state index in [0.29, 0.717) is 6.42 Å². The molecule has 0 saturated carbocycles. The normalized spacial score (nSPS) is 14.6. The fourth-order valence-electron chi connectivity index (χ4n) is 2.97. The van der Waals surface area contributed by atoms with Crippen LogP contribution in [0.5, 0.6) is 0 Å². The van der Waals surface area contributed by atoms with Crippen LogP contribution in [0.15, 0.2) is 0 Å². The Hall–Kier alpha value is -1.27. The highest BCUT2D eigenvalue weighted by atomic mass is 16.4. The van der Waals surface area contributed by atoms with E-state index in [1.54, 1.807) is 0 Å². The Morgan fingerprint density at radius 3 is 1.65 bits per heavy atom. The van der Waals surface area contributed by atoms with Crippen LogP contribution in [0.1, 0.15) is 97.3 Å². The van der Waals surface area contributed by atoms with Crippen molar-refractivity contribution in [2.45, 2.75) is 109 Å². The summed E-state index contributed by atoms with van der Waals surface area (Å²) >= 11 is 0. The smallest absolute Gasteiger partial charge is 0.344 e. The minimum Gasteiger partial charge on any atom is -0.479 e. The number of aliphatic hydroxyl groups is 2. The first-order valence-corrected chi connectivity index (χ1v) is 9.95. The highest BCUT2D eigenvalue weighted by Gasteiger charge is 2.47. The first kappa shape index (κ1) is 24.7. The molecule has 152 valence electrons. The minimum absolute atomic E-state index is 0.139. The number of ketones is 2. The number of hydrogen-bond acceptors (Lipinski definition) is 5. The van der Waals surface area contributed by atoms with Crippen LogP contribution >= 0.6 is 0 Å². The van der Waals surface area contributed by atoms with Crippen LogP contribution in [0, 0.1) is 0 Å². The number of carbonyl (C=O) groups is 3. The van der Waals surface area contributed by atoms with E-state index < -0.39 is 35.7 Å². The van der Waals surface area contributed by atoms with Crippen molar-refractivity contribution >= 4 is 17.5 Å². The molecule has 0 amide bonds. The summed E-state index contributed by atoms with van der Waals surface area (Å²) < 4.78 is 0. The molecule has 0 spiro atoms. The van der Waals surface area contributed by atoms with Gasteiger partial charge in [0, 0.05) is 6.42 Å². The maximum atomic E-state index is 11.9. The van der Waals surface area contributed by atoms with Crippen LogP contribution in [-0.2, 0) is 14.4 Å². The molecule has 0 saturated heterocycles. The topological polar surface area (TPSA) is 112 Å². The van der Waals surface area contributed by atoms with Gasteiger partial charge in [-0.3, -0.25) is 9.59 Å². The second-order valence-corrected chi connectivity index (χ2v) is 7.21. The molecule has 6 nitrogen and oxygen atoms in total. The van der Waals surface area contributed by atoms with Gasteiger partial charge in [0.15, 0.2) is 0 Å². The van der Waals surface area contributed by atoms with E-state index in [2.05, 4.69) is 6.92 Å². The third-order valence-electron chi connectivity index (χ3n) is 4.65. The molecule has 3 N–H and O–H groups in total. The number of Topliss-reactive ketones (excluding diaryl/α,β-unsaturated/α-hetero) is 2. The zero-order valence-corrected chi connectivity index (χ0v) is 16.3. The van der Waals surface area contributed by atoms with E-state index in [-0.39, 0.29) is 6.42 Å². The molecule has 0 aliphatic rings. The molecule has 0 aromatic heterocycles. The van der Waals surface area contributed by atoms with Gasteiger partial charge in [-0.15, -0.1) is 0 Å². The van der Waals surface area contributed by atoms with Crippen LogP contribution in [0.4, 0.5) is 0 Å². The molecule has 0 heterocycles. The minimum atomic E-state index is -2.83. The van der Waals surface area contributed by atoms with Gasteiger partial charge in [-0.25, -0.2) is 4.79 Å². The summed E-state index contributed by atoms with van der Waals surface area (Å²) in [5, 5.41) is 28.2. The Balaban J connectivity index is 3.88. The van der Waals surface area contributed by atoms with E-state index >= 15 is 0 Å². The van der Waals surface area contributed by atoms with Crippen LogP contribution in [0.2, 0.25) is 0 Å². The van der Waals surface area contributed by atoms with E-state index in [9.17, 15) is 24.6 Å². The van der Waals surface area contributed by atoms with E-state index in [4.69, 9.17) is 5.11 Å². The summed E-state index contributed by atoms with van der Waals surface area (Å²) in [5.41, 5.74) is -2.83. The summed E-state index contributed by atoms with van der Waals surface area (Å²) in [6, 6.07) is 0. The predicted octanol–water partition coefficient (Wildman–Crippen LogP) is 3.41. The van der Waals surface area contributed by atoms with Crippen LogP contribution in [-0.4, -0.2) is 44.6 Å². The lowest BCUT2D eigenvalue weighted by Crippen LogP contribution is -2.52. The van der Waals surface area contributed by atoms with Crippen LogP contribution in [0.3, 0.4) is 0 Å². The number of unbranched alkanes of at least 4 members (excludes halogenated alkanes) is 10. The Kier molecular flexibility index (Phi) is 13.2. The van der Waals surface area contributed by atoms with E-state index in [1.165, 1.54) is 44.9 Å². The molecule has 0 aliphatic carbocycles. The highest BCUT2D eigenvalue weighted by molar-refractivity contribution is 6.10. The molecule has 0 bridgehead atoms. The van der Waals surface area contributed by atoms with Crippen molar-refractivity contribution < 1.29 is 29.7 Å². The van der Waals surface area contributed by atoms with Gasteiger partial charge in [0.05, 0.1) is 6.42 Å². The number of carboxylic acids is 1. The van der Waals surface area contributed by atoms with Crippen molar-refractivity contribution in [2.24, 2.45) is 0 Å². The van der Waals surface area contributed by atoms with Gasteiger partial charge in [-0.05, 0) is 13.3 Å². The average Bonchev–Trinajstić information content (AvgIpc) is 2.58. The van der Waals surface area contributed by atoms with Gasteiger partial charge in [-0.2, -0.15) is 0 Å². The molecule has 0 rings (SSSR count). The number of rotatable bonds is 17. The van der Waals surface area contributed by atoms with Crippen molar-refractivity contribution in [3.63, 3.8) is 0 Å². The lowest BCUT2D eigenvalue weighted by atomic mass is 9.88. The maximum Gasteiger partial charge on any atom is 0.344 e. The molecule has 0 aromatic rings. The monoisotopic (exact) mass is 372 g/mol. The Labute approximate surface area is 157 Å². The van der Waals surface area contributed by atoms with Gasteiger partial charge in [0.25, 0.3) is 0 Å². The van der Waals surface area contributed by atoms with Crippen molar-refractivity contribution in [3.8, 4) is 0 Å². The number of aliphatic carboxylic acids is 1. The molecule has 26 heavy (non-hydrogen) atoms. The second kappa shape index (κ2) is 13.9. The SMILES string of the molecule is CCCCCCCCCCCCCC(=O)CC(O)(C(=O)O)C(=O)C(C)O. The number of aliphatic hydroxyl groups excluding tert-OH is 1. The first-order chi connectivity index (χ1) is 12.3. The summed E-state index contributed by atoms with van der Waals surface area (Å²) in [6.07, 6.45) is 10.3. The second-order valence-electron chi connectivity index (χ2n) is 7.21. The zero-order valence-electron chi connectivity index (χ0n) is 16.3. The standard InChI is InChI=1S/C20H36O6/c1-3-4-5-6-7-8-9-10-11-12-13-14-17(22)15-20(26,19(24)25)18(23)16(2)21/h16,21,26H,3-15H2,1-2H3,(H,24,25). The van der Waals surface area contributed by atoms with Gasteiger partial charge < -0.3 is 15.3 Å². The first-order valence-electron chi connectivity index (χ1n) is 9.95. The third-order valence-corrected chi connectivity index (χ3v) is 4.65. The highest BCUT2D eigenvalue weighted by Crippen LogP contribution is 2.18. The molecular formula is C20H36O6. The summed E-state index contributed by atoms with van der Waals surface area (Å²) in [5.74, 6) is -3.52. The lowest BCUT2D eigenvalue weighted by molar-refractivity contribution is -0.171. The molecule has 2 atom stereocenters. The molecular weight excluding hydrogens is 336 g/mol. The van der Waals surface area contributed by atoms with E-state index in [0.717, 1.165) is 26.2 Å². The third kappa shape index (κ3) is 10.0. The average molecular weight is 373 g/mol. The summed E-state index contributed by atoms with van der Waals surface area (Å²) in [7, 11) is 0. The summed E-state index contributed by atoms with van der Waals surface area (Å²) in [6.45, 7) is 3.28. The molecule has 0 radical (unpaired) electrons. The largest absolute Gasteiger partial charge is 0.479 e. The Morgan fingerprint density at radius 2 is 1.27 bits per heavy atom.